The van der Waals surface area contributed by atoms with Crippen LogP contribution in [0.1, 0.15) is 6.92 Å². The predicted molar refractivity (Wildman–Crippen MR) is 50.3 cm³/mol. The highest BCUT2D eigenvalue weighted by Gasteiger charge is 2.68. The van der Waals surface area contributed by atoms with Crippen LogP contribution in [0.2, 0.25) is 0 Å². The average molecular weight is 274 g/mol. The lowest BCUT2D eigenvalue weighted by Gasteiger charge is -2.42. The molecule has 1 fully saturated rings. The number of ether oxygens (including phenoxy) is 2. The number of rotatable bonds is 5. The Balaban J connectivity index is 2.67. The smallest absolute Gasteiger partial charge is 0.366 e. The summed E-state index contributed by atoms with van der Waals surface area (Å²) in [5.74, 6) is -5.61. The van der Waals surface area contributed by atoms with E-state index < -0.39 is 42.8 Å². The van der Waals surface area contributed by atoms with E-state index in [2.05, 4.69) is 11.3 Å². The van der Waals surface area contributed by atoms with Crippen molar-refractivity contribution >= 4 is 5.78 Å². The van der Waals surface area contributed by atoms with E-state index in [1.807, 2.05) is 0 Å². The molecule has 3 atom stereocenters. The fraction of sp³-hybridized carbons (Fsp3) is 0.700. The third-order valence-corrected chi connectivity index (χ3v) is 2.49. The summed E-state index contributed by atoms with van der Waals surface area (Å²) in [7, 11) is 0. The molecule has 0 aromatic heterocycles. The van der Waals surface area contributed by atoms with Gasteiger partial charge in [-0.1, -0.05) is 6.58 Å². The Hall–Kier alpha value is -1.02. The van der Waals surface area contributed by atoms with Crippen molar-refractivity contribution < 1.29 is 36.2 Å². The van der Waals surface area contributed by atoms with Gasteiger partial charge < -0.3 is 9.47 Å². The molecule has 1 aliphatic heterocycles. The molecular weight excluding hydrogens is 263 g/mol. The number of hydrogen-bond acceptors (Lipinski definition) is 3. The van der Waals surface area contributed by atoms with Gasteiger partial charge in [0.2, 0.25) is 0 Å². The molecular formula is C10H11F5O3. The molecule has 18 heavy (non-hydrogen) atoms. The molecule has 104 valence electrons. The Kier molecular flexibility index (Phi) is 4.12. The lowest BCUT2D eigenvalue weighted by Crippen LogP contribution is -2.62. The molecule has 8 heteroatoms. The van der Waals surface area contributed by atoms with Crippen molar-refractivity contribution in [3.8, 4) is 0 Å². The number of alkyl halides is 5. The van der Waals surface area contributed by atoms with Gasteiger partial charge in [-0.2, -0.15) is 22.0 Å². The number of ketones is 1. The number of carbonyl (C=O) groups is 1. The first-order valence-corrected chi connectivity index (χ1v) is 4.99. The Labute approximate surface area is 99.5 Å². The molecule has 0 saturated carbocycles. The van der Waals surface area contributed by atoms with Gasteiger partial charge in [0.05, 0.1) is 6.61 Å². The first kappa shape index (κ1) is 15.0. The molecule has 1 saturated heterocycles. The summed E-state index contributed by atoms with van der Waals surface area (Å²) in [6, 6.07) is 0. The van der Waals surface area contributed by atoms with Gasteiger partial charge in [-0.05, 0) is 13.0 Å². The average Bonchev–Trinajstić information content (AvgIpc) is 2.20. The van der Waals surface area contributed by atoms with Crippen molar-refractivity contribution in [1.29, 1.82) is 0 Å². The SMILES string of the molecule is C=CC(=O)C(C)OC1COC1C(F)(F)C(F)(F)F. The minimum atomic E-state index is -5.72. The van der Waals surface area contributed by atoms with E-state index in [-0.39, 0.29) is 0 Å². The molecule has 0 aromatic carbocycles. The van der Waals surface area contributed by atoms with Crippen LogP contribution in [-0.4, -0.2) is 42.8 Å². The van der Waals surface area contributed by atoms with E-state index in [1.165, 1.54) is 6.92 Å². The molecule has 3 nitrogen and oxygen atoms in total. The zero-order valence-corrected chi connectivity index (χ0v) is 9.34. The number of hydrogen-bond donors (Lipinski definition) is 0. The van der Waals surface area contributed by atoms with Crippen molar-refractivity contribution in [1.82, 2.24) is 0 Å². The van der Waals surface area contributed by atoms with Gasteiger partial charge in [-0.3, -0.25) is 4.79 Å². The van der Waals surface area contributed by atoms with Gasteiger partial charge in [0.25, 0.3) is 0 Å². The van der Waals surface area contributed by atoms with Crippen molar-refractivity contribution in [2.24, 2.45) is 0 Å². The van der Waals surface area contributed by atoms with E-state index in [1.54, 1.807) is 0 Å². The van der Waals surface area contributed by atoms with Crippen LogP contribution in [-0.2, 0) is 14.3 Å². The van der Waals surface area contributed by atoms with Crippen LogP contribution in [0.25, 0.3) is 0 Å². The molecule has 0 spiro atoms. The molecule has 3 unspecified atom stereocenters. The van der Waals surface area contributed by atoms with Gasteiger partial charge in [0.1, 0.15) is 12.2 Å². The van der Waals surface area contributed by atoms with Crippen LogP contribution in [0.4, 0.5) is 22.0 Å². The third-order valence-electron chi connectivity index (χ3n) is 2.49. The van der Waals surface area contributed by atoms with E-state index in [0.29, 0.717) is 0 Å². The zero-order valence-electron chi connectivity index (χ0n) is 9.34. The Morgan fingerprint density at radius 3 is 2.33 bits per heavy atom. The summed E-state index contributed by atoms with van der Waals surface area (Å²) in [6.45, 7) is 3.98. The van der Waals surface area contributed by atoms with Gasteiger partial charge in [0, 0.05) is 0 Å². The molecule has 0 N–H and O–H groups in total. The van der Waals surface area contributed by atoms with E-state index in [0.717, 1.165) is 6.08 Å². The second-order valence-electron chi connectivity index (χ2n) is 3.80. The highest BCUT2D eigenvalue weighted by molar-refractivity contribution is 5.92. The first-order chi connectivity index (χ1) is 8.11. The first-order valence-electron chi connectivity index (χ1n) is 4.99. The summed E-state index contributed by atoms with van der Waals surface area (Å²) < 4.78 is 71.1. The van der Waals surface area contributed by atoms with Crippen LogP contribution in [0.15, 0.2) is 12.7 Å². The van der Waals surface area contributed by atoms with Crippen LogP contribution in [0.3, 0.4) is 0 Å². The van der Waals surface area contributed by atoms with Crippen molar-refractivity contribution in [3.63, 3.8) is 0 Å². The van der Waals surface area contributed by atoms with Crippen molar-refractivity contribution in [2.75, 3.05) is 6.61 Å². The maximum Gasteiger partial charge on any atom is 0.456 e. The van der Waals surface area contributed by atoms with Crippen LogP contribution in [0.5, 0.6) is 0 Å². The fourth-order valence-corrected chi connectivity index (χ4v) is 1.38. The van der Waals surface area contributed by atoms with Gasteiger partial charge in [-0.25, -0.2) is 0 Å². The third kappa shape index (κ3) is 2.69. The van der Waals surface area contributed by atoms with E-state index in [9.17, 15) is 26.7 Å². The topological polar surface area (TPSA) is 35.5 Å². The summed E-state index contributed by atoms with van der Waals surface area (Å²) in [4.78, 5) is 11.0. The van der Waals surface area contributed by atoms with Crippen LogP contribution >= 0.6 is 0 Å². The standard InChI is InChI=1S/C10H11F5O3/c1-3-6(16)5(2)18-7-4-17-8(7)9(11,12)10(13,14)15/h3,5,7-8H,1,4H2,2H3. The fourth-order valence-electron chi connectivity index (χ4n) is 1.38. The molecule has 0 aliphatic carbocycles. The van der Waals surface area contributed by atoms with Gasteiger partial charge >= 0.3 is 12.1 Å². The van der Waals surface area contributed by atoms with Crippen molar-refractivity contribution in [3.05, 3.63) is 12.7 Å². The predicted octanol–water partition coefficient (Wildman–Crippen LogP) is 2.11. The highest BCUT2D eigenvalue weighted by atomic mass is 19.4. The van der Waals surface area contributed by atoms with E-state index >= 15 is 0 Å². The zero-order chi connectivity index (χ0) is 14.1. The molecule has 0 aromatic rings. The number of halogens is 5. The minimum Gasteiger partial charge on any atom is -0.366 e. The maximum absolute atomic E-state index is 12.9. The summed E-state index contributed by atoms with van der Waals surface area (Å²) in [5, 5.41) is 0. The Morgan fingerprint density at radius 2 is 2.00 bits per heavy atom. The largest absolute Gasteiger partial charge is 0.456 e. The quantitative estimate of drug-likeness (QED) is 0.569. The monoisotopic (exact) mass is 274 g/mol. The Bertz CT molecular complexity index is 339. The summed E-state index contributed by atoms with van der Waals surface area (Å²) >= 11 is 0. The van der Waals surface area contributed by atoms with Crippen molar-refractivity contribution in [2.45, 2.75) is 37.3 Å². The normalized spacial score (nSPS) is 26.3. The molecule has 1 aliphatic rings. The summed E-state index contributed by atoms with van der Waals surface area (Å²) in [6.07, 6.45) is -9.84. The molecule has 0 amide bonds. The van der Waals surface area contributed by atoms with Gasteiger partial charge in [0.15, 0.2) is 11.9 Å². The minimum absolute atomic E-state index is 0.412. The Morgan fingerprint density at radius 1 is 1.44 bits per heavy atom. The van der Waals surface area contributed by atoms with Gasteiger partial charge in [-0.15, -0.1) is 0 Å². The van der Waals surface area contributed by atoms with Crippen LogP contribution in [0, 0.1) is 0 Å². The molecule has 0 bridgehead atoms. The number of carbonyl (C=O) groups excluding carboxylic acids is 1. The maximum atomic E-state index is 12.9. The lowest BCUT2D eigenvalue weighted by atomic mass is 10.0. The molecule has 1 heterocycles. The second kappa shape index (κ2) is 4.93. The molecule has 0 radical (unpaired) electrons. The second-order valence-corrected chi connectivity index (χ2v) is 3.80. The highest BCUT2D eigenvalue weighted by Crippen LogP contribution is 2.44. The molecule has 1 rings (SSSR count). The lowest BCUT2D eigenvalue weighted by molar-refractivity contribution is -0.364. The van der Waals surface area contributed by atoms with E-state index in [4.69, 9.17) is 4.74 Å². The van der Waals surface area contributed by atoms with Crippen LogP contribution < -0.4 is 0 Å². The summed E-state index contributed by atoms with van der Waals surface area (Å²) in [5.41, 5.74) is 0.